The summed E-state index contributed by atoms with van der Waals surface area (Å²) in [6.45, 7) is 5.10. The van der Waals surface area contributed by atoms with Gasteiger partial charge in [0.2, 0.25) is 0 Å². The fourth-order valence-electron chi connectivity index (χ4n) is 4.40. The molecule has 3 heterocycles. The lowest BCUT2D eigenvalue weighted by molar-refractivity contribution is -0.0236. The molecule has 4 rings (SSSR count). The molecule has 150 valence electrons. The number of halogens is 1. The van der Waals surface area contributed by atoms with Crippen LogP contribution in [0.5, 0.6) is 5.75 Å². The second kappa shape index (κ2) is 7.37. The van der Waals surface area contributed by atoms with Crippen LogP contribution in [0.25, 0.3) is 0 Å². The molecule has 0 spiro atoms. The molecule has 0 bridgehead atoms. The van der Waals surface area contributed by atoms with Crippen LogP contribution >= 0.6 is 11.6 Å². The molecule has 4 atom stereocenters. The first-order valence-corrected chi connectivity index (χ1v) is 9.97. The van der Waals surface area contributed by atoms with Gasteiger partial charge in [0.1, 0.15) is 11.9 Å². The van der Waals surface area contributed by atoms with Gasteiger partial charge in [-0.05, 0) is 50.7 Å². The monoisotopic (exact) mass is 404 g/mol. The topological polar surface area (TPSA) is 80.5 Å². The fraction of sp³-hybridized carbons (Fsp3) is 0.550. The summed E-state index contributed by atoms with van der Waals surface area (Å²) in [6, 6.07) is 3.82. The summed E-state index contributed by atoms with van der Waals surface area (Å²) in [5, 5.41) is 15.2. The number of aryl methyl sites for hydroxylation is 3. The van der Waals surface area contributed by atoms with Gasteiger partial charge >= 0.3 is 0 Å². The third-order valence-corrected chi connectivity index (χ3v) is 6.09. The lowest BCUT2D eigenvalue weighted by Gasteiger charge is -2.35. The van der Waals surface area contributed by atoms with Crippen molar-refractivity contribution in [1.29, 1.82) is 0 Å². The van der Waals surface area contributed by atoms with Crippen molar-refractivity contribution in [2.75, 3.05) is 13.1 Å². The number of carbonyl (C=O) groups excluding carboxylic acids is 1. The van der Waals surface area contributed by atoms with E-state index >= 15 is 0 Å². The number of fused-ring (bicyclic) bond motifs is 1. The summed E-state index contributed by atoms with van der Waals surface area (Å²) in [4.78, 5) is 19.1. The molecule has 0 unspecified atom stereocenters. The predicted octanol–water partition coefficient (Wildman–Crippen LogP) is 2.38. The van der Waals surface area contributed by atoms with Gasteiger partial charge < -0.3 is 14.7 Å². The van der Waals surface area contributed by atoms with Crippen molar-refractivity contribution >= 4 is 17.5 Å². The van der Waals surface area contributed by atoms with Crippen LogP contribution in [-0.4, -0.2) is 56.0 Å². The fourth-order valence-corrected chi connectivity index (χ4v) is 4.66. The number of amides is 1. The van der Waals surface area contributed by atoms with E-state index in [4.69, 9.17) is 16.3 Å². The number of aromatic nitrogens is 3. The molecule has 2 aromatic rings. The number of aliphatic hydroxyl groups is 1. The van der Waals surface area contributed by atoms with Gasteiger partial charge in [-0.3, -0.25) is 14.5 Å². The zero-order chi connectivity index (χ0) is 20.0. The van der Waals surface area contributed by atoms with E-state index in [1.54, 1.807) is 22.8 Å². The first kappa shape index (κ1) is 19.2. The number of ether oxygens (including phenoxy) is 1. The Labute approximate surface area is 169 Å². The smallest absolute Gasteiger partial charge is 0.275 e. The minimum absolute atomic E-state index is 0.148. The number of nitrogens with zero attached hydrogens (tertiary/aromatic N) is 4. The van der Waals surface area contributed by atoms with Crippen molar-refractivity contribution < 1.29 is 14.6 Å². The highest BCUT2D eigenvalue weighted by Crippen LogP contribution is 2.39. The van der Waals surface area contributed by atoms with E-state index in [-0.39, 0.29) is 23.6 Å². The Morgan fingerprint density at radius 1 is 1.25 bits per heavy atom. The number of carbonyl (C=O) groups is 1. The molecule has 1 amide bonds. The van der Waals surface area contributed by atoms with Crippen LogP contribution in [0.4, 0.5) is 0 Å². The Hall–Kier alpha value is -2.12. The van der Waals surface area contributed by atoms with Crippen molar-refractivity contribution in [3.63, 3.8) is 0 Å². The van der Waals surface area contributed by atoms with E-state index in [0.717, 1.165) is 11.4 Å². The molecule has 28 heavy (non-hydrogen) atoms. The molecule has 0 aromatic carbocycles. The van der Waals surface area contributed by atoms with Crippen molar-refractivity contribution in [3.8, 4) is 5.75 Å². The van der Waals surface area contributed by atoms with Gasteiger partial charge in [0.15, 0.2) is 5.69 Å². The maximum atomic E-state index is 12.8. The van der Waals surface area contributed by atoms with Crippen LogP contribution in [0.15, 0.2) is 18.3 Å². The highest BCUT2D eigenvalue weighted by molar-refractivity contribution is 6.33. The summed E-state index contributed by atoms with van der Waals surface area (Å²) in [5.41, 5.74) is 2.05. The number of hydrogen-bond acceptors (Lipinski definition) is 5. The number of likely N-dealkylation sites (tertiary alicyclic amines) is 1. The molecule has 1 N–H and O–H groups in total. The zero-order valence-corrected chi connectivity index (χ0v) is 17.1. The Balaban J connectivity index is 1.45. The number of aliphatic hydroxyl groups excluding tert-OH is 1. The number of hydrogen-bond donors (Lipinski definition) is 1. The maximum Gasteiger partial charge on any atom is 0.275 e. The second-order valence-corrected chi connectivity index (χ2v) is 8.37. The van der Waals surface area contributed by atoms with Gasteiger partial charge in [-0.1, -0.05) is 11.6 Å². The lowest BCUT2D eigenvalue weighted by Crippen LogP contribution is -2.42. The van der Waals surface area contributed by atoms with Gasteiger partial charge in [-0.15, -0.1) is 0 Å². The molecule has 7 nitrogen and oxygen atoms in total. The van der Waals surface area contributed by atoms with Gasteiger partial charge in [-0.25, -0.2) is 0 Å². The Kier molecular flexibility index (Phi) is 5.05. The van der Waals surface area contributed by atoms with Crippen LogP contribution in [0.1, 0.15) is 34.7 Å². The maximum absolute atomic E-state index is 12.8. The van der Waals surface area contributed by atoms with Gasteiger partial charge in [0.05, 0.1) is 16.8 Å². The first-order chi connectivity index (χ1) is 13.3. The number of rotatable bonds is 3. The summed E-state index contributed by atoms with van der Waals surface area (Å²) >= 11 is 6.14. The molecule has 1 aliphatic carbocycles. The summed E-state index contributed by atoms with van der Waals surface area (Å²) in [7, 11) is 1.74. The average Bonchev–Trinajstić information content (AvgIpc) is 3.19. The molecule has 2 fully saturated rings. The molecule has 1 saturated heterocycles. The van der Waals surface area contributed by atoms with Crippen molar-refractivity contribution in [3.05, 3.63) is 40.4 Å². The largest absolute Gasteiger partial charge is 0.486 e. The highest BCUT2D eigenvalue weighted by atomic mass is 35.5. The van der Waals surface area contributed by atoms with Crippen LogP contribution < -0.4 is 4.74 Å². The normalized spacial score (nSPS) is 27.0. The summed E-state index contributed by atoms with van der Waals surface area (Å²) < 4.78 is 7.66. The second-order valence-electron chi connectivity index (χ2n) is 7.96. The van der Waals surface area contributed by atoms with E-state index in [1.165, 1.54) is 0 Å². The van der Waals surface area contributed by atoms with Crippen molar-refractivity contribution in [2.24, 2.45) is 18.9 Å². The van der Waals surface area contributed by atoms with Gasteiger partial charge in [0.25, 0.3) is 5.91 Å². The van der Waals surface area contributed by atoms with Crippen LogP contribution in [0.3, 0.4) is 0 Å². The van der Waals surface area contributed by atoms with Crippen molar-refractivity contribution in [1.82, 2.24) is 19.7 Å². The molecule has 0 radical (unpaired) electrons. The van der Waals surface area contributed by atoms with E-state index in [0.29, 0.717) is 42.6 Å². The molecule has 2 aliphatic rings. The Bertz CT molecular complexity index is 900. The SMILES string of the molecule is Cc1ccc(O[C@@H]2C[C@@H]3CN(C(=O)c4nn(C)cc4Cl)C[C@@H]3C[C@H]2O)c(C)n1. The standard InChI is InChI=1S/C20H25ClN4O3/c1-11-4-5-17(12(2)22-11)28-18-7-14-9-25(8-13(14)6-16(18)26)20(27)19-15(21)10-24(3)23-19/h4-5,10,13-14,16,18,26H,6-9H2,1-3H3/t13-,14+,16+,18+/m0/s1. The molecule has 2 aromatic heterocycles. The molecular weight excluding hydrogens is 380 g/mol. The lowest BCUT2D eigenvalue weighted by atomic mass is 9.78. The van der Waals surface area contributed by atoms with E-state index in [2.05, 4.69) is 10.1 Å². The third-order valence-electron chi connectivity index (χ3n) is 5.81. The van der Waals surface area contributed by atoms with E-state index < -0.39 is 6.10 Å². The highest BCUT2D eigenvalue weighted by Gasteiger charge is 2.44. The van der Waals surface area contributed by atoms with Gasteiger partial charge in [0, 0.05) is 32.0 Å². The van der Waals surface area contributed by atoms with Crippen molar-refractivity contribution in [2.45, 2.75) is 38.9 Å². The third kappa shape index (κ3) is 3.61. The Morgan fingerprint density at radius 3 is 2.61 bits per heavy atom. The number of pyridine rings is 1. The predicted molar refractivity (Wildman–Crippen MR) is 104 cm³/mol. The summed E-state index contributed by atoms with van der Waals surface area (Å²) in [6.07, 6.45) is 2.10. The van der Waals surface area contributed by atoms with E-state index in [9.17, 15) is 9.90 Å². The Morgan fingerprint density at radius 2 is 1.96 bits per heavy atom. The van der Waals surface area contributed by atoms with E-state index in [1.807, 2.05) is 26.0 Å². The molecular formula is C20H25ClN4O3. The minimum atomic E-state index is -0.560. The summed E-state index contributed by atoms with van der Waals surface area (Å²) in [5.74, 6) is 1.11. The first-order valence-electron chi connectivity index (χ1n) is 9.59. The van der Waals surface area contributed by atoms with Crippen LogP contribution in [0, 0.1) is 25.7 Å². The zero-order valence-electron chi connectivity index (χ0n) is 16.3. The van der Waals surface area contributed by atoms with Gasteiger partial charge in [-0.2, -0.15) is 5.10 Å². The quantitative estimate of drug-likeness (QED) is 0.849. The van der Waals surface area contributed by atoms with Crippen LogP contribution in [0.2, 0.25) is 5.02 Å². The molecule has 8 heteroatoms. The van der Waals surface area contributed by atoms with Crippen LogP contribution in [-0.2, 0) is 7.05 Å². The molecule has 1 saturated carbocycles. The molecule has 1 aliphatic heterocycles. The minimum Gasteiger partial charge on any atom is -0.486 e. The average molecular weight is 405 g/mol.